The number of carbonyl (C=O) groups is 1. The lowest BCUT2D eigenvalue weighted by atomic mass is 10.0. The standard InChI is InChI=1S/C50H93NO4/c1-3-5-7-9-11-13-15-17-19-21-23-25-27-28-30-32-34-36-38-40-42-44-48(53)47(46-52)51-50(55)49(54)45-43-41-39-37-35-33-31-29-26-24-22-20-18-16-14-12-10-8-6-4-2/h26-29,34,36,42,44,47-49,52-54H,3-25,30-33,35,37-41,43,45-46H2,1-2H3,(H,51,55)/b28-27+,29-26-,36-34+,44-42+. The fourth-order valence-corrected chi connectivity index (χ4v) is 7.09. The number of aliphatic hydroxyl groups excluding tert-OH is 3. The molecule has 0 aliphatic carbocycles. The summed E-state index contributed by atoms with van der Waals surface area (Å²) in [5.41, 5.74) is 0. The molecule has 5 nitrogen and oxygen atoms in total. The summed E-state index contributed by atoms with van der Waals surface area (Å²) in [6.07, 6.45) is 58.7. The Labute approximate surface area is 342 Å². The van der Waals surface area contributed by atoms with E-state index in [0.29, 0.717) is 6.42 Å². The zero-order chi connectivity index (χ0) is 40.1. The van der Waals surface area contributed by atoms with Crippen LogP contribution >= 0.6 is 0 Å². The molecule has 3 unspecified atom stereocenters. The van der Waals surface area contributed by atoms with E-state index in [1.165, 1.54) is 173 Å². The van der Waals surface area contributed by atoms with Crippen molar-refractivity contribution in [1.82, 2.24) is 5.32 Å². The molecule has 0 saturated carbocycles. The highest BCUT2D eigenvalue weighted by atomic mass is 16.3. The number of rotatable bonds is 43. The highest BCUT2D eigenvalue weighted by Crippen LogP contribution is 2.15. The summed E-state index contributed by atoms with van der Waals surface area (Å²) in [5.74, 6) is -0.521. The average molecular weight is 772 g/mol. The maximum Gasteiger partial charge on any atom is 0.249 e. The number of aliphatic hydroxyl groups is 3. The summed E-state index contributed by atoms with van der Waals surface area (Å²) in [5, 5.41) is 33.2. The van der Waals surface area contributed by atoms with E-state index in [1.54, 1.807) is 6.08 Å². The van der Waals surface area contributed by atoms with Crippen LogP contribution in [0.1, 0.15) is 239 Å². The number of unbranched alkanes of at least 4 members (excludes halogenated alkanes) is 29. The first kappa shape index (κ1) is 53.3. The van der Waals surface area contributed by atoms with Gasteiger partial charge >= 0.3 is 0 Å². The first-order valence-corrected chi connectivity index (χ1v) is 24.0. The Hall–Kier alpha value is -1.69. The van der Waals surface area contributed by atoms with Gasteiger partial charge in [0.15, 0.2) is 0 Å². The van der Waals surface area contributed by atoms with E-state index in [0.717, 1.165) is 44.9 Å². The maximum absolute atomic E-state index is 12.5. The molecule has 55 heavy (non-hydrogen) atoms. The minimum Gasteiger partial charge on any atom is -0.394 e. The van der Waals surface area contributed by atoms with E-state index >= 15 is 0 Å². The predicted octanol–water partition coefficient (Wildman–Crippen LogP) is 14.1. The SMILES string of the molecule is CCCCCCCCCCCC/C=C\CCCCCCCCC(O)C(=O)NC(CO)C(O)/C=C/CC/C=C/CC/C=C/CCCCCCCCCCCCC. The van der Waals surface area contributed by atoms with Crippen molar-refractivity contribution in [1.29, 1.82) is 0 Å². The van der Waals surface area contributed by atoms with Gasteiger partial charge in [-0.15, -0.1) is 0 Å². The van der Waals surface area contributed by atoms with E-state index in [9.17, 15) is 20.1 Å². The third-order valence-electron chi connectivity index (χ3n) is 10.9. The quantitative estimate of drug-likeness (QED) is 0.0367. The number of allylic oxidation sites excluding steroid dienone is 7. The Morgan fingerprint density at radius 3 is 1.11 bits per heavy atom. The van der Waals surface area contributed by atoms with E-state index in [1.807, 2.05) is 6.08 Å². The van der Waals surface area contributed by atoms with Gasteiger partial charge in [0.25, 0.3) is 0 Å². The van der Waals surface area contributed by atoms with Crippen LogP contribution in [0, 0.1) is 0 Å². The van der Waals surface area contributed by atoms with Crippen molar-refractivity contribution in [2.75, 3.05) is 6.61 Å². The smallest absolute Gasteiger partial charge is 0.249 e. The third-order valence-corrected chi connectivity index (χ3v) is 10.9. The Bertz CT molecular complexity index is 896. The molecule has 0 heterocycles. The average Bonchev–Trinajstić information content (AvgIpc) is 3.19. The van der Waals surface area contributed by atoms with Gasteiger partial charge in [0, 0.05) is 0 Å². The summed E-state index contributed by atoms with van der Waals surface area (Å²) < 4.78 is 0. The second-order valence-electron chi connectivity index (χ2n) is 16.3. The molecule has 0 saturated heterocycles. The summed E-state index contributed by atoms with van der Waals surface area (Å²) in [4.78, 5) is 12.5. The van der Waals surface area contributed by atoms with Crippen LogP contribution in [0.25, 0.3) is 0 Å². The van der Waals surface area contributed by atoms with Crippen LogP contribution in [0.3, 0.4) is 0 Å². The summed E-state index contributed by atoms with van der Waals surface area (Å²) in [6, 6.07) is -0.824. The number of nitrogens with one attached hydrogen (secondary N) is 1. The molecule has 5 heteroatoms. The van der Waals surface area contributed by atoms with Crippen LogP contribution < -0.4 is 5.32 Å². The largest absolute Gasteiger partial charge is 0.394 e. The van der Waals surface area contributed by atoms with E-state index in [-0.39, 0.29) is 6.61 Å². The van der Waals surface area contributed by atoms with Gasteiger partial charge in [0.1, 0.15) is 6.10 Å². The fraction of sp³-hybridized carbons (Fsp3) is 0.820. The third kappa shape index (κ3) is 40.3. The van der Waals surface area contributed by atoms with Gasteiger partial charge in [-0.05, 0) is 70.6 Å². The lowest BCUT2D eigenvalue weighted by Gasteiger charge is -2.21. The molecule has 0 aromatic carbocycles. The highest BCUT2D eigenvalue weighted by molar-refractivity contribution is 5.80. The number of hydrogen-bond acceptors (Lipinski definition) is 4. The maximum atomic E-state index is 12.5. The van der Waals surface area contributed by atoms with Crippen LogP contribution in [0.2, 0.25) is 0 Å². The van der Waals surface area contributed by atoms with Crippen molar-refractivity contribution < 1.29 is 20.1 Å². The topological polar surface area (TPSA) is 89.8 Å². The van der Waals surface area contributed by atoms with Gasteiger partial charge in [-0.25, -0.2) is 0 Å². The molecular weight excluding hydrogens is 679 g/mol. The molecule has 3 atom stereocenters. The van der Waals surface area contributed by atoms with Crippen molar-refractivity contribution in [2.24, 2.45) is 0 Å². The van der Waals surface area contributed by atoms with Crippen molar-refractivity contribution in [2.45, 2.75) is 257 Å². The zero-order valence-corrected chi connectivity index (χ0v) is 36.6. The van der Waals surface area contributed by atoms with Crippen LogP contribution in [-0.2, 0) is 4.79 Å². The van der Waals surface area contributed by atoms with Crippen molar-refractivity contribution >= 4 is 5.91 Å². The molecule has 0 radical (unpaired) electrons. The molecule has 0 rings (SSSR count). The number of amides is 1. The second kappa shape index (κ2) is 45.0. The molecule has 0 spiro atoms. The Kier molecular flexibility index (Phi) is 43.6. The van der Waals surface area contributed by atoms with Gasteiger partial charge < -0.3 is 20.6 Å². The minimum atomic E-state index is -1.12. The van der Waals surface area contributed by atoms with E-state index in [4.69, 9.17) is 0 Å². The first-order chi connectivity index (χ1) is 27.1. The molecular formula is C50H93NO4. The zero-order valence-electron chi connectivity index (χ0n) is 36.6. The lowest BCUT2D eigenvalue weighted by Crippen LogP contribution is -2.48. The number of carbonyl (C=O) groups excluding carboxylic acids is 1. The summed E-state index contributed by atoms with van der Waals surface area (Å²) in [6.45, 7) is 4.17. The van der Waals surface area contributed by atoms with Crippen LogP contribution in [0.4, 0.5) is 0 Å². The Morgan fingerprint density at radius 1 is 0.436 bits per heavy atom. The van der Waals surface area contributed by atoms with Gasteiger partial charge in [-0.2, -0.15) is 0 Å². The fourth-order valence-electron chi connectivity index (χ4n) is 7.09. The van der Waals surface area contributed by atoms with Crippen molar-refractivity contribution in [3.8, 4) is 0 Å². The van der Waals surface area contributed by atoms with E-state index in [2.05, 4.69) is 55.6 Å². The second-order valence-corrected chi connectivity index (χ2v) is 16.3. The number of hydrogen-bond donors (Lipinski definition) is 4. The molecule has 322 valence electrons. The van der Waals surface area contributed by atoms with Gasteiger partial charge in [-0.1, -0.05) is 217 Å². The molecule has 0 aliphatic heterocycles. The van der Waals surface area contributed by atoms with Gasteiger partial charge in [-0.3, -0.25) is 4.79 Å². The molecule has 4 N–H and O–H groups in total. The summed E-state index contributed by atoms with van der Waals surface area (Å²) in [7, 11) is 0. The lowest BCUT2D eigenvalue weighted by molar-refractivity contribution is -0.131. The predicted molar refractivity (Wildman–Crippen MR) is 241 cm³/mol. The molecule has 0 fully saturated rings. The van der Waals surface area contributed by atoms with Crippen molar-refractivity contribution in [3.63, 3.8) is 0 Å². The Balaban J connectivity index is 3.73. The molecule has 0 aromatic heterocycles. The highest BCUT2D eigenvalue weighted by Gasteiger charge is 2.22. The normalized spacial score (nSPS) is 13.9. The van der Waals surface area contributed by atoms with Gasteiger partial charge in [0.2, 0.25) is 5.91 Å². The molecule has 0 aromatic rings. The van der Waals surface area contributed by atoms with Crippen LogP contribution in [0.15, 0.2) is 48.6 Å². The van der Waals surface area contributed by atoms with Crippen LogP contribution in [-0.4, -0.2) is 46.1 Å². The molecule has 0 bridgehead atoms. The Morgan fingerprint density at radius 2 is 0.745 bits per heavy atom. The van der Waals surface area contributed by atoms with Crippen LogP contribution in [0.5, 0.6) is 0 Å². The monoisotopic (exact) mass is 772 g/mol. The molecule has 1 amide bonds. The summed E-state index contributed by atoms with van der Waals surface area (Å²) >= 11 is 0. The van der Waals surface area contributed by atoms with E-state index < -0.39 is 24.2 Å². The first-order valence-electron chi connectivity index (χ1n) is 24.0. The molecule has 0 aliphatic rings. The minimum absolute atomic E-state index is 0.384. The van der Waals surface area contributed by atoms with Crippen molar-refractivity contribution in [3.05, 3.63) is 48.6 Å². The van der Waals surface area contributed by atoms with Gasteiger partial charge in [0.05, 0.1) is 18.8 Å².